The lowest BCUT2D eigenvalue weighted by molar-refractivity contribution is 0.400. The van der Waals surface area contributed by atoms with Crippen molar-refractivity contribution in [3.8, 4) is 22.4 Å². The van der Waals surface area contributed by atoms with Crippen molar-refractivity contribution in [2.24, 2.45) is 0 Å². The topological polar surface area (TPSA) is 26.0 Å². The Kier molecular flexibility index (Phi) is 2.92. The molecule has 94 valence electrons. The predicted octanol–water partition coefficient (Wildman–Crippen LogP) is 4.63. The molecule has 0 saturated carbocycles. The minimum atomic E-state index is 0.850. The van der Waals surface area contributed by atoms with Crippen molar-refractivity contribution >= 4 is 0 Å². The molecule has 0 saturated heterocycles. The highest BCUT2D eigenvalue weighted by Crippen LogP contribution is 2.34. The minimum absolute atomic E-state index is 0.850. The molecule has 1 heterocycles. The van der Waals surface area contributed by atoms with E-state index in [1.807, 2.05) is 25.1 Å². The maximum Gasteiger partial charge on any atom is 0.142 e. The zero-order valence-electron chi connectivity index (χ0n) is 11.1. The first-order valence-corrected chi connectivity index (χ1v) is 6.34. The summed E-state index contributed by atoms with van der Waals surface area (Å²) in [6, 6.07) is 18.6. The van der Waals surface area contributed by atoms with Gasteiger partial charge in [0.15, 0.2) is 0 Å². The Hall–Kier alpha value is -2.35. The van der Waals surface area contributed by atoms with Gasteiger partial charge in [-0.2, -0.15) is 0 Å². The molecule has 2 heteroatoms. The predicted molar refractivity (Wildman–Crippen MR) is 76.8 cm³/mol. The summed E-state index contributed by atoms with van der Waals surface area (Å²) in [6.45, 7) is 4.04. The lowest BCUT2D eigenvalue weighted by Gasteiger charge is -2.03. The van der Waals surface area contributed by atoms with E-state index in [-0.39, 0.29) is 0 Å². The summed E-state index contributed by atoms with van der Waals surface area (Å²) in [7, 11) is 0. The van der Waals surface area contributed by atoms with Crippen LogP contribution < -0.4 is 0 Å². The molecule has 19 heavy (non-hydrogen) atoms. The Morgan fingerprint density at radius 2 is 1.47 bits per heavy atom. The quantitative estimate of drug-likeness (QED) is 0.662. The van der Waals surface area contributed by atoms with Gasteiger partial charge >= 0.3 is 0 Å². The van der Waals surface area contributed by atoms with Gasteiger partial charge in [-0.05, 0) is 19.4 Å². The van der Waals surface area contributed by atoms with E-state index >= 15 is 0 Å². The van der Waals surface area contributed by atoms with Crippen LogP contribution in [-0.2, 0) is 0 Å². The molecule has 2 nitrogen and oxygen atoms in total. The first kappa shape index (κ1) is 11.7. The van der Waals surface area contributed by atoms with E-state index in [0.29, 0.717) is 0 Å². The number of rotatable bonds is 2. The van der Waals surface area contributed by atoms with Gasteiger partial charge in [-0.15, -0.1) is 0 Å². The number of aromatic nitrogens is 1. The second-order valence-electron chi connectivity index (χ2n) is 4.69. The molecule has 0 unspecified atom stereocenters. The van der Waals surface area contributed by atoms with Crippen LogP contribution in [0.2, 0.25) is 0 Å². The molecular formula is C17H15NO. The van der Waals surface area contributed by atoms with Gasteiger partial charge in [-0.3, -0.25) is 0 Å². The number of hydrogen-bond donors (Lipinski definition) is 0. The summed E-state index contributed by atoms with van der Waals surface area (Å²) in [5, 5.41) is 4.21. The third kappa shape index (κ3) is 2.17. The number of hydrogen-bond acceptors (Lipinski definition) is 2. The molecule has 3 aromatic rings. The second kappa shape index (κ2) is 4.73. The Balaban J connectivity index is 2.17. The smallest absolute Gasteiger partial charge is 0.142 e. The van der Waals surface area contributed by atoms with Gasteiger partial charge in [-0.25, -0.2) is 0 Å². The minimum Gasteiger partial charge on any atom is -0.360 e. The van der Waals surface area contributed by atoms with Gasteiger partial charge in [-0.1, -0.05) is 65.3 Å². The number of nitrogens with zero attached hydrogens (tertiary/aromatic N) is 1. The van der Waals surface area contributed by atoms with Crippen molar-refractivity contribution in [2.45, 2.75) is 13.8 Å². The highest BCUT2D eigenvalue weighted by atomic mass is 16.5. The van der Waals surface area contributed by atoms with Crippen LogP contribution in [0.15, 0.2) is 59.1 Å². The lowest BCUT2D eigenvalue weighted by Crippen LogP contribution is -1.84. The van der Waals surface area contributed by atoms with Gasteiger partial charge in [0, 0.05) is 5.56 Å². The molecule has 0 fully saturated rings. The molecule has 0 atom stereocenters. The Morgan fingerprint density at radius 3 is 2.16 bits per heavy atom. The average molecular weight is 249 g/mol. The van der Waals surface area contributed by atoms with Gasteiger partial charge in [0.05, 0.1) is 5.56 Å². The van der Waals surface area contributed by atoms with Crippen molar-refractivity contribution in [1.82, 2.24) is 5.16 Å². The molecule has 0 spiro atoms. The monoisotopic (exact) mass is 249 g/mol. The van der Waals surface area contributed by atoms with Crippen LogP contribution in [0.25, 0.3) is 22.4 Å². The molecule has 0 aliphatic rings. The molecule has 2 aromatic carbocycles. The van der Waals surface area contributed by atoms with Crippen molar-refractivity contribution in [1.29, 1.82) is 0 Å². The molecular weight excluding hydrogens is 234 g/mol. The number of aryl methyl sites for hydroxylation is 2. The summed E-state index contributed by atoms with van der Waals surface area (Å²) in [5.74, 6) is 0.850. The second-order valence-corrected chi connectivity index (χ2v) is 4.69. The van der Waals surface area contributed by atoms with E-state index in [9.17, 15) is 0 Å². The van der Waals surface area contributed by atoms with Crippen LogP contribution in [0.4, 0.5) is 0 Å². The van der Waals surface area contributed by atoms with Crippen LogP contribution in [0, 0.1) is 13.8 Å². The summed E-state index contributed by atoms with van der Waals surface area (Å²) < 4.78 is 5.38. The van der Waals surface area contributed by atoms with E-state index in [1.54, 1.807) is 0 Å². The van der Waals surface area contributed by atoms with E-state index < -0.39 is 0 Å². The highest BCUT2D eigenvalue weighted by Gasteiger charge is 2.15. The molecule has 0 N–H and O–H groups in total. The van der Waals surface area contributed by atoms with Crippen molar-refractivity contribution in [3.63, 3.8) is 0 Å². The molecule has 0 radical (unpaired) electrons. The normalized spacial score (nSPS) is 10.6. The molecule has 0 bridgehead atoms. The van der Waals surface area contributed by atoms with Gasteiger partial charge < -0.3 is 4.52 Å². The zero-order valence-corrected chi connectivity index (χ0v) is 11.1. The van der Waals surface area contributed by atoms with E-state index in [2.05, 4.69) is 48.5 Å². The molecule has 1 aromatic heterocycles. The van der Waals surface area contributed by atoms with Crippen LogP contribution in [-0.4, -0.2) is 5.16 Å². The SMILES string of the molecule is Cc1ccc(-c2c(-c3ccccc3)noc2C)cc1. The summed E-state index contributed by atoms with van der Waals surface area (Å²) >= 11 is 0. The number of benzene rings is 2. The van der Waals surface area contributed by atoms with Crippen molar-refractivity contribution in [3.05, 3.63) is 65.9 Å². The summed E-state index contributed by atoms with van der Waals surface area (Å²) in [5.41, 5.74) is 5.45. The molecule has 0 aliphatic heterocycles. The first-order valence-electron chi connectivity index (χ1n) is 6.34. The fourth-order valence-electron chi connectivity index (χ4n) is 2.23. The zero-order chi connectivity index (χ0) is 13.2. The van der Waals surface area contributed by atoms with Crippen LogP contribution in [0.5, 0.6) is 0 Å². The van der Waals surface area contributed by atoms with Crippen LogP contribution in [0.1, 0.15) is 11.3 Å². The first-order chi connectivity index (χ1) is 9.25. The van der Waals surface area contributed by atoms with Gasteiger partial charge in [0.1, 0.15) is 11.5 Å². The summed E-state index contributed by atoms with van der Waals surface area (Å²) in [4.78, 5) is 0. The van der Waals surface area contributed by atoms with Crippen LogP contribution in [0.3, 0.4) is 0 Å². The largest absolute Gasteiger partial charge is 0.360 e. The lowest BCUT2D eigenvalue weighted by atomic mass is 9.99. The third-order valence-electron chi connectivity index (χ3n) is 3.25. The standard InChI is InChI=1S/C17H15NO/c1-12-8-10-14(11-9-12)16-13(2)19-18-17(16)15-6-4-3-5-7-15/h3-11H,1-2H3. The molecule has 0 aliphatic carbocycles. The van der Waals surface area contributed by atoms with Crippen molar-refractivity contribution in [2.75, 3.05) is 0 Å². The molecule has 3 rings (SSSR count). The van der Waals surface area contributed by atoms with E-state index in [0.717, 1.165) is 28.1 Å². The van der Waals surface area contributed by atoms with Crippen molar-refractivity contribution < 1.29 is 4.52 Å². The Labute approximate surface area is 112 Å². The van der Waals surface area contributed by atoms with Gasteiger partial charge in [0.25, 0.3) is 0 Å². The van der Waals surface area contributed by atoms with E-state index in [4.69, 9.17) is 4.52 Å². The Morgan fingerprint density at radius 1 is 0.789 bits per heavy atom. The maximum atomic E-state index is 5.38. The summed E-state index contributed by atoms with van der Waals surface area (Å²) in [6.07, 6.45) is 0. The third-order valence-corrected chi connectivity index (χ3v) is 3.25. The fraction of sp³-hybridized carbons (Fsp3) is 0.118. The average Bonchev–Trinajstić information content (AvgIpc) is 2.83. The maximum absolute atomic E-state index is 5.38. The fourth-order valence-corrected chi connectivity index (χ4v) is 2.23. The Bertz CT molecular complexity index is 681. The van der Waals surface area contributed by atoms with Gasteiger partial charge in [0.2, 0.25) is 0 Å². The van der Waals surface area contributed by atoms with Crippen LogP contribution >= 0.6 is 0 Å². The van der Waals surface area contributed by atoms with E-state index in [1.165, 1.54) is 5.56 Å². The highest BCUT2D eigenvalue weighted by molar-refractivity contribution is 5.81. The molecule has 0 amide bonds.